The van der Waals surface area contributed by atoms with Gasteiger partial charge in [-0.3, -0.25) is 9.78 Å². The van der Waals surface area contributed by atoms with Crippen molar-refractivity contribution in [1.29, 1.82) is 0 Å². The third-order valence-electron chi connectivity index (χ3n) is 3.32. The van der Waals surface area contributed by atoms with Crippen LogP contribution in [0.1, 0.15) is 15.9 Å². The van der Waals surface area contributed by atoms with E-state index in [0.717, 1.165) is 15.7 Å². The van der Waals surface area contributed by atoms with Crippen LogP contribution in [0.3, 0.4) is 0 Å². The predicted molar refractivity (Wildman–Crippen MR) is 97.9 cm³/mol. The lowest BCUT2D eigenvalue weighted by atomic mass is 10.2. The first-order chi connectivity index (χ1) is 11.7. The Labute approximate surface area is 148 Å². The zero-order valence-electron chi connectivity index (χ0n) is 12.7. The quantitative estimate of drug-likeness (QED) is 0.696. The number of anilines is 2. The number of carbonyl (C=O) groups is 1. The summed E-state index contributed by atoms with van der Waals surface area (Å²) in [6.07, 6.45) is 5.09. The van der Waals surface area contributed by atoms with E-state index in [2.05, 4.69) is 36.5 Å². The fraction of sp³-hybridized carbons (Fsp3) is 0.0556. The SMILES string of the molecule is O=C(Nc1ccc(Br)cc1)c1ccc(NCc2cccnc2)nc1. The molecule has 1 amide bonds. The largest absolute Gasteiger partial charge is 0.366 e. The molecule has 2 aromatic heterocycles. The minimum atomic E-state index is -0.191. The summed E-state index contributed by atoms with van der Waals surface area (Å²) in [5.41, 5.74) is 2.31. The number of aromatic nitrogens is 2. The molecule has 0 spiro atoms. The van der Waals surface area contributed by atoms with Crippen molar-refractivity contribution in [2.75, 3.05) is 10.6 Å². The first-order valence-electron chi connectivity index (χ1n) is 7.36. The molecule has 3 rings (SSSR count). The number of hydrogen-bond acceptors (Lipinski definition) is 4. The van der Waals surface area contributed by atoms with Gasteiger partial charge in [0.1, 0.15) is 5.82 Å². The molecule has 0 aliphatic heterocycles. The van der Waals surface area contributed by atoms with E-state index in [1.54, 1.807) is 30.7 Å². The van der Waals surface area contributed by atoms with Crippen molar-refractivity contribution in [3.05, 3.63) is 82.7 Å². The summed E-state index contributed by atoms with van der Waals surface area (Å²) in [6.45, 7) is 0.630. The highest BCUT2D eigenvalue weighted by Gasteiger charge is 2.07. The Morgan fingerprint density at radius 1 is 1.04 bits per heavy atom. The fourth-order valence-electron chi connectivity index (χ4n) is 2.06. The lowest BCUT2D eigenvalue weighted by Crippen LogP contribution is -2.12. The van der Waals surface area contributed by atoms with Crippen molar-refractivity contribution in [3.8, 4) is 0 Å². The third-order valence-corrected chi connectivity index (χ3v) is 3.85. The number of pyridine rings is 2. The highest BCUT2D eigenvalue weighted by Crippen LogP contribution is 2.15. The second kappa shape index (κ2) is 7.70. The Balaban J connectivity index is 1.59. The van der Waals surface area contributed by atoms with Crippen LogP contribution >= 0.6 is 15.9 Å². The van der Waals surface area contributed by atoms with Crippen molar-refractivity contribution >= 4 is 33.3 Å². The van der Waals surface area contributed by atoms with Crippen molar-refractivity contribution in [2.45, 2.75) is 6.54 Å². The maximum atomic E-state index is 12.2. The van der Waals surface area contributed by atoms with Crippen LogP contribution in [0.2, 0.25) is 0 Å². The second-order valence-corrected chi connectivity index (χ2v) is 6.02. The lowest BCUT2D eigenvalue weighted by molar-refractivity contribution is 0.102. The molecule has 0 bridgehead atoms. The van der Waals surface area contributed by atoms with Gasteiger partial charge in [-0.2, -0.15) is 0 Å². The fourth-order valence-corrected chi connectivity index (χ4v) is 2.33. The number of hydrogen-bond donors (Lipinski definition) is 2. The van der Waals surface area contributed by atoms with E-state index in [1.807, 2.05) is 36.4 Å². The van der Waals surface area contributed by atoms with Gasteiger partial charge in [0.15, 0.2) is 0 Å². The van der Waals surface area contributed by atoms with Crippen LogP contribution in [0.4, 0.5) is 11.5 Å². The maximum absolute atomic E-state index is 12.2. The Morgan fingerprint density at radius 3 is 2.54 bits per heavy atom. The molecule has 0 radical (unpaired) electrons. The summed E-state index contributed by atoms with van der Waals surface area (Å²) in [4.78, 5) is 20.5. The summed E-state index contributed by atoms with van der Waals surface area (Å²) >= 11 is 3.36. The van der Waals surface area contributed by atoms with E-state index in [4.69, 9.17) is 0 Å². The van der Waals surface area contributed by atoms with E-state index in [-0.39, 0.29) is 5.91 Å². The molecule has 2 N–H and O–H groups in total. The highest BCUT2D eigenvalue weighted by atomic mass is 79.9. The summed E-state index contributed by atoms with van der Waals surface area (Å²) in [5, 5.41) is 6.03. The van der Waals surface area contributed by atoms with Crippen LogP contribution in [-0.2, 0) is 6.54 Å². The molecular formula is C18H15BrN4O. The molecule has 0 atom stereocenters. The van der Waals surface area contributed by atoms with Gasteiger partial charge < -0.3 is 10.6 Å². The average Bonchev–Trinajstić information content (AvgIpc) is 2.63. The molecular weight excluding hydrogens is 368 g/mol. The van der Waals surface area contributed by atoms with Gasteiger partial charge in [0, 0.05) is 35.3 Å². The van der Waals surface area contributed by atoms with Gasteiger partial charge in [-0.15, -0.1) is 0 Å². The molecule has 0 saturated heterocycles. The normalized spacial score (nSPS) is 10.2. The number of halogens is 1. The summed E-state index contributed by atoms with van der Waals surface area (Å²) in [7, 11) is 0. The van der Waals surface area contributed by atoms with Crippen molar-refractivity contribution in [1.82, 2.24) is 9.97 Å². The Bertz CT molecular complexity index is 805. The van der Waals surface area contributed by atoms with Gasteiger partial charge in [-0.1, -0.05) is 22.0 Å². The number of carbonyl (C=O) groups excluding carboxylic acids is 1. The number of benzene rings is 1. The zero-order valence-corrected chi connectivity index (χ0v) is 14.3. The van der Waals surface area contributed by atoms with E-state index in [0.29, 0.717) is 17.9 Å². The summed E-state index contributed by atoms with van der Waals surface area (Å²) in [6, 6.07) is 14.8. The van der Waals surface area contributed by atoms with E-state index >= 15 is 0 Å². The monoisotopic (exact) mass is 382 g/mol. The molecule has 2 heterocycles. The second-order valence-electron chi connectivity index (χ2n) is 5.11. The Morgan fingerprint density at radius 2 is 1.88 bits per heavy atom. The van der Waals surface area contributed by atoms with Gasteiger partial charge in [-0.05, 0) is 48.0 Å². The van der Waals surface area contributed by atoms with Crippen molar-refractivity contribution in [2.24, 2.45) is 0 Å². The van der Waals surface area contributed by atoms with E-state index < -0.39 is 0 Å². The van der Waals surface area contributed by atoms with E-state index in [1.165, 1.54) is 0 Å². The molecule has 0 fully saturated rings. The van der Waals surface area contributed by atoms with Gasteiger partial charge in [0.2, 0.25) is 0 Å². The predicted octanol–water partition coefficient (Wildman–Crippen LogP) is 4.10. The summed E-state index contributed by atoms with van der Waals surface area (Å²) in [5.74, 6) is 0.516. The van der Waals surface area contributed by atoms with Crippen LogP contribution in [0.15, 0.2) is 71.6 Å². The molecule has 0 unspecified atom stereocenters. The molecule has 0 aliphatic rings. The van der Waals surface area contributed by atoms with Crippen molar-refractivity contribution < 1.29 is 4.79 Å². The van der Waals surface area contributed by atoms with Crippen LogP contribution in [0.5, 0.6) is 0 Å². The first-order valence-corrected chi connectivity index (χ1v) is 8.16. The molecule has 6 heteroatoms. The molecule has 1 aromatic carbocycles. The van der Waals surface area contributed by atoms with Gasteiger partial charge in [0.25, 0.3) is 5.91 Å². The Kier molecular flexibility index (Phi) is 5.18. The molecule has 3 aromatic rings. The third kappa shape index (κ3) is 4.39. The van der Waals surface area contributed by atoms with Crippen molar-refractivity contribution in [3.63, 3.8) is 0 Å². The van der Waals surface area contributed by atoms with Crippen LogP contribution in [0.25, 0.3) is 0 Å². The molecule has 120 valence electrons. The van der Waals surface area contributed by atoms with Gasteiger partial charge in [-0.25, -0.2) is 4.98 Å². The molecule has 24 heavy (non-hydrogen) atoms. The summed E-state index contributed by atoms with van der Waals surface area (Å²) < 4.78 is 0.964. The number of nitrogens with one attached hydrogen (secondary N) is 2. The smallest absolute Gasteiger partial charge is 0.257 e. The first kappa shape index (κ1) is 16.1. The molecule has 5 nitrogen and oxygen atoms in total. The average molecular weight is 383 g/mol. The molecule has 0 aliphatic carbocycles. The minimum Gasteiger partial charge on any atom is -0.366 e. The van der Waals surface area contributed by atoms with Crippen LogP contribution in [0, 0.1) is 0 Å². The van der Waals surface area contributed by atoms with Gasteiger partial charge >= 0.3 is 0 Å². The highest BCUT2D eigenvalue weighted by molar-refractivity contribution is 9.10. The van der Waals surface area contributed by atoms with Crippen LogP contribution < -0.4 is 10.6 Å². The molecule has 0 saturated carbocycles. The minimum absolute atomic E-state index is 0.191. The number of amides is 1. The zero-order chi connectivity index (χ0) is 16.8. The van der Waals surface area contributed by atoms with Gasteiger partial charge in [0.05, 0.1) is 5.56 Å². The number of rotatable bonds is 5. The standard InChI is InChI=1S/C18H15BrN4O/c19-15-4-6-16(7-5-15)23-18(24)14-3-8-17(22-12-14)21-11-13-2-1-9-20-10-13/h1-10,12H,11H2,(H,21,22)(H,23,24). The van der Waals surface area contributed by atoms with Crippen LogP contribution in [-0.4, -0.2) is 15.9 Å². The maximum Gasteiger partial charge on any atom is 0.257 e. The lowest BCUT2D eigenvalue weighted by Gasteiger charge is -2.07. The topological polar surface area (TPSA) is 66.9 Å². The number of nitrogens with zero attached hydrogens (tertiary/aromatic N) is 2. The Hall–Kier alpha value is -2.73. The van der Waals surface area contributed by atoms with E-state index in [9.17, 15) is 4.79 Å².